The number of aryl methyl sites for hydroxylation is 1. The number of carbonyl (C=O) groups excluding carboxylic acids is 2. The maximum Gasteiger partial charge on any atom is 0.223 e. The molecule has 0 radical (unpaired) electrons. The maximum atomic E-state index is 12.6. The molecule has 6 nitrogen and oxygen atoms in total. The van der Waals surface area contributed by atoms with Crippen LogP contribution in [0.15, 0.2) is 54.9 Å². The molecule has 5 rings (SSSR count). The zero-order chi connectivity index (χ0) is 24.7. The first-order chi connectivity index (χ1) is 16.8. The summed E-state index contributed by atoms with van der Waals surface area (Å²) in [6.45, 7) is 6.95. The van der Waals surface area contributed by atoms with Crippen molar-refractivity contribution in [1.29, 1.82) is 0 Å². The molecule has 3 aromatic heterocycles. The van der Waals surface area contributed by atoms with E-state index in [-0.39, 0.29) is 24.0 Å². The number of hydrogen-bond donors (Lipinski definition) is 1. The van der Waals surface area contributed by atoms with Crippen molar-refractivity contribution in [3.63, 3.8) is 0 Å². The van der Waals surface area contributed by atoms with Crippen molar-refractivity contribution in [2.45, 2.75) is 39.5 Å². The van der Waals surface area contributed by atoms with E-state index in [4.69, 9.17) is 0 Å². The number of amides is 1. The molecule has 0 saturated carbocycles. The van der Waals surface area contributed by atoms with Crippen LogP contribution in [0.1, 0.15) is 43.1 Å². The van der Waals surface area contributed by atoms with Crippen LogP contribution in [0, 0.1) is 12.8 Å². The topological polar surface area (TPSA) is 79.0 Å². The van der Waals surface area contributed by atoms with E-state index in [1.165, 1.54) is 10.9 Å². The van der Waals surface area contributed by atoms with Crippen molar-refractivity contribution in [3.05, 3.63) is 71.8 Å². The van der Waals surface area contributed by atoms with E-state index in [2.05, 4.69) is 53.1 Å². The first-order valence-corrected chi connectivity index (χ1v) is 12.1. The number of carbonyl (C=O) groups is 2. The highest BCUT2D eigenvalue weighted by molar-refractivity contribution is 5.94. The van der Waals surface area contributed by atoms with E-state index in [1.807, 2.05) is 37.5 Å². The first kappa shape index (κ1) is 23.0. The number of fused-ring (bicyclic) bond motifs is 1. The van der Waals surface area contributed by atoms with Crippen LogP contribution in [0.3, 0.4) is 0 Å². The van der Waals surface area contributed by atoms with Gasteiger partial charge in [0.15, 0.2) is 0 Å². The largest absolute Gasteiger partial charge is 0.354 e. The molecule has 6 heteroatoms. The van der Waals surface area contributed by atoms with Crippen molar-refractivity contribution in [2.75, 3.05) is 13.6 Å². The third-order valence-corrected chi connectivity index (χ3v) is 6.91. The van der Waals surface area contributed by atoms with Gasteiger partial charge in [0, 0.05) is 78.2 Å². The van der Waals surface area contributed by atoms with E-state index < -0.39 is 0 Å². The Balaban J connectivity index is 1.42. The first-order valence-electron chi connectivity index (χ1n) is 12.1. The van der Waals surface area contributed by atoms with Crippen LogP contribution in [0.2, 0.25) is 0 Å². The Morgan fingerprint density at radius 1 is 1.09 bits per heavy atom. The second-order valence-corrected chi connectivity index (χ2v) is 9.87. The lowest BCUT2D eigenvalue weighted by Crippen LogP contribution is -2.22. The van der Waals surface area contributed by atoms with Crippen molar-refractivity contribution < 1.29 is 9.59 Å². The molecule has 1 unspecified atom stereocenters. The molecule has 1 atom stereocenters. The predicted molar refractivity (Wildman–Crippen MR) is 138 cm³/mol. The fraction of sp³-hybridized carbons (Fsp3) is 0.310. The molecule has 35 heavy (non-hydrogen) atoms. The van der Waals surface area contributed by atoms with Crippen molar-refractivity contribution in [2.24, 2.45) is 5.92 Å². The zero-order valence-electron chi connectivity index (χ0n) is 20.6. The lowest BCUT2D eigenvalue weighted by molar-refractivity contribution is -0.127. The van der Waals surface area contributed by atoms with E-state index >= 15 is 0 Å². The average Bonchev–Trinajstić information content (AvgIpc) is 3.39. The predicted octanol–water partition coefficient (Wildman–Crippen LogP) is 5.31. The van der Waals surface area contributed by atoms with Crippen LogP contribution >= 0.6 is 0 Å². The van der Waals surface area contributed by atoms with Gasteiger partial charge in [-0.2, -0.15) is 0 Å². The molecule has 1 N–H and O–H groups in total. The van der Waals surface area contributed by atoms with Gasteiger partial charge in [0.05, 0.1) is 5.69 Å². The molecule has 0 aliphatic carbocycles. The molecular formula is C29H30N4O2. The second-order valence-electron chi connectivity index (χ2n) is 9.87. The molecule has 178 valence electrons. The van der Waals surface area contributed by atoms with Crippen LogP contribution in [-0.2, 0) is 16.0 Å². The van der Waals surface area contributed by atoms with Gasteiger partial charge in [-0.05, 0) is 54.3 Å². The number of ketones is 1. The smallest absolute Gasteiger partial charge is 0.223 e. The summed E-state index contributed by atoms with van der Waals surface area (Å²) >= 11 is 0. The molecule has 1 fully saturated rings. The van der Waals surface area contributed by atoms with E-state index in [9.17, 15) is 9.59 Å². The summed E-state index contributed by atoms with van der Waals surface area (Å²) in [7, 11) is 1.75. The average molecular weight is 467 g/mol. The van der Waals surface area contributed by atoms with Gasteiger partial charge in [-0.3, -0.25) is 19.6 Å². The van der Waals surface area contributed by atoms with Crippen LogP contribution in [-0.4, -0.2) is 45.1 Å². The second kappa shape index (κ2) is 9.10. The monoisotopic (exact) mass is 466 g/mol. The maximum absolute atomic E-state index is 12.6. The van der Waals surface area contributed by atoms with Crippen molar-refractivity contribution in [3.8, 4) is 22.4 Å². The SMILES string of the molecule is Cc1cc(-c2[nH]c3ccc(-c4ccc(CC(=O)C5CC(=O)N(C)C5)nc4)cc3c2C(C)C)ccn1. The number of likely N-dealkylation sites (tertiary alicyclic amines) is 1. The molecule has 0 spiro atoms. The van der Waals surface area contributed by atoms with Gasteiger partial charge in [-0.1, -0.05) is 26.0 Å². The lowest BCUT2D eigenvalue weighted by Gasteiger charge is -2.10. The van der Waals surface area contributed by atoms with Gasteiger partial charge in [0.25, 0.3) is 0 Å². The van der Waals surface area contributed by atoms with Crippen LogP contribution in [0.4, 0.5) is 0 Å². The van der Waals surface area contributed by atoms with Gasteiger partial charge in [-0.15, -0.1) is 0 Å². The molecule has 4 aromatic rings. The fourth-order valence-corrected chi connectivity index (χ4v) is 5.02. The quantitative estimate of drug-likeness (QED) is 0.417. The van der Waals surface area contributed by atoms with Crippen molar-refractivity contribution >= 4 is 22.6 Å². The van der Waals surface area contributed by atoms with Crippen LogP contribution in [0.5, 0.6) is 0 Å². The Kier molecular flexibility index (Phi) is 5.97. The van der Waals surface area contributed by atoms with Crippen molar-refractivity contribution in [1.82, 2.24) is 19.9 Å². The molecule has 1 saturated heterocycles. The summed E-state index contributed by atoms with van der Waals surface area (Å²) in [6.07, 6.45) is 4.26. The Morgan fingerprint density at radius 3 is 2.54 bits per heavy atom. The highest BCUT2D eigenvalue weighted by atomic mass is 16.2. The van der Waals surface area contributed by atoms with Gasteiger partial charge in [0.1, 0.15) is 5.78 Å². The number of H-pyrrole nitrogens is 1. The van der Waals surface area contributed by atoms with Crippen LogP contribution < -0.4 is 0 Å². The normalized spacial score (nSPS) is 16.0. The number of nitrogens with zero attached hydrogens (tertiary/aromatic N) is 3. The molecule has 1 aliphatic heterocycles. The minimum absolute atomic E-state index is 0.0368. The summed E-state index contributed by atoms with van der Waals surface area (Å²) in [5.74, 6) is 0.236. The highest BCUT2D eigenvalue weighted by Crippen LogP contribution is 2.37. The van der Waals surface area contributed by atoms with E-state index in [0.717, 1.165) is 39.3 Å². The van der Waals surface area contributed by atoms with E-state index in [0.29, 0.717) is 18.9 Å². The Labute approximate surface area is 205 Å². The zero-order valence-corrected chi connectivity index (χ0v) is 20.6. The fourth-order valence-electron chi connectivity index (χ4n) is 5.02. The number of hydrogen-bond acceptors (Lipinski definition) is 4. The molecule has 4 heterocycles. The minimum Gasteiger partial charge on any atom is -0.354 e. The number of Topliss-reactive ketones (excluding diaryl/α,β-unsaturated/α-hetero) is 1. The van der Waals surface area contributed by atoms with Gasteiger partial charge >= 0.3 is 0 Å². The summed E-state index contributed by atoms with van der Waals surface area (Å²) in [6, 6.07) is 14.6. The molecular weight excluding hydrogens is 436 g/mol. The summed E-state index contributed by atoms with van der Waals surface area (Å²) < 4.78 is 0. The number of aromatic nitrogens is 3. The highest BCUT2D eigenvalue weighted by Gasteiger charge is 2.31. The summed E-state index contributed by atoms with van der Waals surface area (Å²) in [5, 5.41) is 1.20. The Bertz CT molecular complexity index is 1420. The number of pyridine rings is 2. The number of rotatable bonds is 6. The third kappa shape index (κ3) is 4.48. The summed E-state index contributed by atoms with van der Waals surface area (Å²) in [5.41, 5.74) is 8.51. The number of benzene rings is 1. The third-order valence-electron chi connectivity index (χ3n) is 6.91. The number of nitrogens with one attached hydrogen (secondary N) is 1. The molecule has 0 bridgehead atoms. The van der Waals surface area contributed by atoms with Gasteiger partial charge in [0.2, 0.25) is 5.91 Å². The van der Waals surface area contributed by atoms with Crippen LogP contribution in [0.25, 0.3) is 33.3 Å². The Hall–Kier alpha value is -3.80. The summed E-state index contributed by atoms with van der Waals surface area (Å²) in [4.78, 5) is 38.5. The molecule has 1 aliphatic rings. The number of aromatic amines is 1. The van der Waals surface area contributed by atoms with Gasteiger partial charge < -0.3 is 9.88 Å². The standard InChI is InChI=1S/C29H30N4O2/c1-17(2)28-24-12-19(6-8-25(24)32-29(28)20-9-10-30-18(3)11-20)21-5-7-23(31-15-21)14-26(34)22-13-27(35)33(4)16-22/h5-12,15,17,22,32H,13-14,16H2,1-4H3. The Morgan fingerprint density at radius 2 is 1.89 bits per heavy atom. The molecule has 1 amide bonds. The van der Waals surface area contributed by atoms with Gasteiger partial charge in [-0.25, -0.2) is 0 Å². The minimum atomic E-state index is -0.224. The van der Waals surface area contributed by atoms with E-state index in [1.54, 1.807) is 11.9 Å². The molecule has 1 aromatic carbocycles. The lowest BCUT2D eigenvalue weighted by atomic mass is 9.94.